The summed E-state index contributed by atoms with van der Waals surface area (Å²) in [5, 5.41) is 20.1. The predicted octanol–water partition coefficient (Wildman–Crippen LogP) is -0.419. The summed E-state index contributed by atoms with van der Waals surface area (Å²) in [5.74, 6) is 2.77. The van der Waals surface area contributed by atoms with Crippen LogP contribution in [0.1, 0.15) is 1.43 Å². The number of carbonyl (C=O) groups is 1. The van der Waals surface area contributed by atoms with Crippen molar-refractivity contribution < 1.29 is 164 Å². The minimum Gasteiger partial charge on any atom is -1.00 e. The minimum atomic E-state index is -0.181. The van der Waals surface area contributed by atoms with Gasteiger partial charge in [0.05, 0.1) is 17.7 Å². The number of aromatic hydroxyl groups is 1. The van der Waals surface area contributed by atoms with Crippen LogP contribution in [0.25, 0.3) is 22.8 Å². The quantitative estimate of drug-likeness (QED) is 0.124. The van der Waals surface area contributed by atoms with Gasteiger partial charge in [-0.2, -0.15) is 0 Å². The first-order valence-electron chi connectivity index (χ1n) is 10.2. The van der Waals surface area contributed by atoms with Crippen molar-refractivity contribution in [1.29, 1.82) is 0 Å². The summed E-state index contributed by atoms with van der Waals surface area (Å²) < 4.78 is 9.73. The van der Waals surface area contributed by atoms with Crippen LogP contribution in [0, 0.1) is 0 Å². The first-order chi connectivity index (χ1) is 17.4. The zero-order valence-corrected chi connectivity index (χ0v) is 39.5. The van der Waals surface area contributed by atoms with E-state index in [1.165, 1.54) is 0 Å². The molecule has 0 saturated heterocycles. The number of aromatic nitrogens is 4. The number of alkyl halides is 2. The molecule has 0 radical (unpaired) electrons. The zero-order valence-electron chi connectivity index (χ0n) is 21.6. The van der Waals surface area contributed by atoms with Crippen molar-refractivity contribution in [2.75, 3.05) is 17.3 Å². The molecule has 2 N–H and O–H groups in total. The molecule has 0 bridgehead atoms. The molecule has 1 aliphatic rings. The third-order valence-corrected chi connectivity index (χ3v) is 7.15. The largest absolute Gasteiger partial charge is 1.00 e. The van der Waals surface area contributed by atoms with Crippen LogP contribution >= 0.6 is 63.7 Å². The van der Waals surface area contributed by atoms with Gasteiger partial charge in [-0.05, 0) is 36.4 Å². The number of hydrogen-bond acceptors (Lipinski definition) is 7. The molecule has 15 heteroatoms. The standard InChI is InChI=1S/C11H9BrN2O.C9H7BrN2O.C2H4Br2.CH2O3.2Cs.H/c12-8-1-2-10-9(7-8)11-13-3-4-14(11)5-6-15-10;10-6-1-2-8(13)7(5-6)9-11-3-4-12-9;3-1-2-4;2-1-4-3;;;/h1-4,7H,5-6H2;1-5,13H,(H,11,12);1-2H2;1,3H;;;/q;;;;2*+1;-1/p-1. The van der Waals surface area contributed by atoms with Gasteiger partial charge in [-0.25, -0.2) is 9.97 Å². The number of phenols is 1. The van der Waals surface area contributed by atoms with Crippen LogP contribution in [0.15, 0.2) is 70.1 Å². The number of H-pyrrole nitrogens is 1. The Morgan fingerprint density at radius 3 is 2.29 bits per heavy atom. The Hall–Kier alpha value is 1.91. The van der Waals surface area contributed by atoms with Gasteiger partial charge in [0.25, 0.3) is 6.47 Å². The molecule has 194 valence electrons. The molecule has 9 nitrogen and oxygen atoms in total. The minimum absolute atomic E-state index is 0. The monoisotopic (exact) mass is 1020 g/mol. The molecule has 5 rings (SSSR count). The second-order valence-electron chi connectivity index (χ2n) is 6.60. The number of benzene rings is 2. The molecule has 0 aliphatic carbocycles. The fourth-order valence-electron chi connectivity index (χ4n) is 2.90. The second-order valence-corrected chi connectivity index (χ2v) is 10.0. The number of nitrogens with zero attached hydrogens (tertiary/aromatic N) is 3. The van der Waals surface area contributed by atoms with Crippen molar-refractivity contribution in [3.8, 4) is 34.3 Å². The normalized spacial score (nSPS) is 10.2. The number of aromatic amines is 1. The number of ether oxygens (including phenoxy) is 1. The average molecular weight is 1020 g/mol. The molecule has 0 saturated carbocycles. The summed E-state index contributed by atoms with van der Waals surface area (Å²) in [7, 11) is 0. The van der Waals surface area contributed by atoms with Crippen LogP contribution in [-0.4, -0.2) is 48.4 Å². The second kappa shape index (κ2) is 23.4. The van der Waals surface area contributed by atoms with Crippen LogP contribution in [0.4, 0.5) is 0 Å². The van der Waals surface area contributed by atoms with Gasteiger partial charge in [0.15, 0.2) is 0 Å². The predicted molar refractivity (Wildman–Crippen MR) is 150 cm³/mol. The first kappa shape index (κ1) is 39.9. The van der Waals surface area contributed by atoms with Crippen molar-refractivity contribution in [2.24, 2.45) is 0 Å². The molecule has 4 aromatic rings. The van der Waals surface area contributed by atoms with Gasteiger partial charge < -0.3 is 31.0 Å². The van der Waals surface area contributed by atoms with Gasteiger partial charge in [0.1, 0.15) is 29.8 Å². The Balaban J connectivity index is 0. The maximum absolute atomic E-state index is 9.53. The Kier molecular flexibility index (Phi) is 24.6. The van der Waals surface area contributed by atoms with Gasteiger partial charge in [0, 0.05) is 44.4 Å². The van der Waals surface area contributed by atoms with Crippen LogP contribution in [-0.2, 0) is 16.2 Å². The summed E-state index contributed by atoms with van der Waals surface area (Å²) in [5.41, 5.74) is 1.74. The number of hydrogen-bond donors (Lipinski definition) is 2. The number of nitrogens with one attached hydrogen (secondary N) is 1. The number of imidazole rings is 2. The molecule has 0 unspecified atom stereocenters. The van der Waals surface area contributed by atoms with E-state index in [-0.39, 0.29) is 151 Å². The van der Waals surface area contributed by atoms with E-state index < -0.39 is 0 Å². The van der Waals surface area contributed by atoms with Crippen LogP contribution in [0.2, 0.25) is 0 Å². The first-order valence-corrected chi connectivity index (χ1v) is 14.0. The summed E-state index contributed by atoms with van der Waals surface area (Å²) in [6, 6.07) is 11.2. The van der Waals surface area contributed by atoms with Crippen molar-refractivity contribution in [3.05, 3.63) is 70.1 Å². The summed E-state index contributed by atoms with van der Waals surface area (Å²) in [6.45, 7) is 1.36. The third kappa shape index (κ3) is 13.9. The molecule has 1 aliphatic heterocycles. The molecule has 0 spiro atoms. The maximum atomic E-state index is 9.53. The smallest absolute Gasteiger partial charge is 1.00 e. The van der Waals surface area contributed by atoms with Crippen LogP contribution in [0.5, 0.6) is 11.5 Å². The van der Waals surface area contributed by atoms with E-state index in [1.807, 2.05) is 36.7 Å². The molecule has 38 heavy (non-hydrogen) atoms. The van der Waals surface area contributed by atoms with Crippen molar-refractivity contribution in [1.82, 2.24) is 19.5 Å². The van der Waals surface area contributed by atoms with E-state index in [0.717, 1.165) is 43.3 Å². The van der Waals surface area contributed by atoms with Gasteiger partial charge in [-0.1, -0.05) is 63.7 Å². The Labute approximate surface area is 373 Å². The average Bonchev–Trinajstić information content (AvgIpc) is 3.57. The summed E-state index contributed by atoms with van der Waals surface area (Å²) >= 11 is 13.2. The fraction of sp³-hybridized carbons (Fsp3) is 0.174. The molecule has 0 atom stereocenters. The van der Waals surface area contributed by atoms with Crippen molar-refractivity contribution >= 4 is 70.2 Å². The van der Waals surface area contributed by atoms with E-state index >= 15 is 0 Å². The van der Waals surface area contributed by atoms with Crippen LogP contribution in [0.3, 0.4) is 0 Å². The van der Waals surface area contributed by atoms with E-state index in [4.69, 9.17) is 14.8 Å². The Morgan fingerprint density at radius 1 is 1.08 bits per heavy atom. The summed E-state index contributed by atoms with van der Waals surface area (Å²) in [4.78, 5) is 22.6. The van der Waals surface area contributed by atoms with E-state index in [9.17, 15) is 5.11 Å². The van der Waals surface area contributed by atoms with Gasteiger partial charge >= 0.3 is 138 Å². The molecular formula is C23H22Br4Cs2N4O5. The van der Waals surface area contributed by atoms with E-state index in [1.54, 1.807) is 24.5 Å². The fourth-order valence-corrected chi connectivity index (χ4v) is 3.62. The van der Waals surface area contributed by atoms with Gasteiger partial charge in [-0.15, -0.1) is 0 Å². The third-order valence-electron chi connectivity index (χ3n) is 4.31. The zero-order chi connectivity index (χ0) is 26.3. The molecule has 3 heterocycles. The van der Waals surface area contributed by atoms with Gasteiger partial charge in [0.2, 0.25) is 0 Å². The SMILES string of the molecule is BrCCBr.Brc1ccc2c(c1)-c1nccn1CCO2.O=CO[O-].Oc1ccc(Br)cc1-c1ncc[nH]1.[Cs+].[Cs+].[H-]. The molecule has 2 aromatic carbocycles. The number of carbonyl (C=O) groups excluding carboxylic acids is 1. The summed E-state index contributed by atoms with van der Waals surface area (Å²) in [6.07, 6.45) is 7.17. The van der Waals surface area contributed by atoms with Crippen molar-refractivity contribution in [2.45, 2.75) is 6.54 Å². The number of fused-ring (bicyclic) bond motifs is 3. The number of rotatable bonds is 3. The van der Waals surface area contributed by atoms with Crippen molar-refractivity contribution in [3.63, 3.8) is 0 Å². The Morgan fingerprint density at radius 2 is 1.71 bits per heavy atom. The maximum Gasteiger partial charge on any atom is 1.00 e. The molecular weight excluding hydrogens is 998 g/mol. The topological polar surface area (TPSA) is 125 Å². The molecule has 2 aromatic heterocycles. The van der Waals surface area contributed by atoms with E-state index in [2.05, 4.69) is 88.1 Å². The molecule has 0 amide bonds. The Bertz CT molecular complexity index is 1220. The van der Waals surface area contributed by atoms with Crippen LogP contribution < -0.4 is 148 Å². The van der Waals surface area contributed by atoms with E-state index in [0.29, 0.717) is 18.0 Å². The number of phenolic OH excluding ortho intramolecular Hbond substituents is 1. The van der Waals surface area contributed by atoms with Gasteiger partial charge in [-0.3, -0.25) is 4.79 Å². The number of halogens is 4. The molecule has 0 fully saturated rings.